The summed E-state index contributed by atoms with van der Waals surface area (Å²) in [5.41, 5.74) is 2.55. The van der Waals surface area contributed by atoms with Gasteiger partial charge in [-0.05, 0) is 69.0 Å². The van der Waals surface area contributed by atoms with E-state index in [1.54, 1.807) is 13.2 Å². The van der Waals surface area contributed by atoms with Gasteiger partial charge in [0.05, 0.1) is 6.61 Å². The normalized spacial score (nSPS) is 32.5. The van der Waals surface area contributed by atoms with Gasteiger partial charge in [-0.2, -0.15) is 0 Å². The van der Waals surface area contributed by atoms with Gasteiger partial charge in [0.1, 0.15) is 6.10 Å². The van der Waals surface area contributed by atoms with Gasteiger partial charge in [-0.1, -0.05) is 26.3 Å². The lowest BCUT2D eigenvalue weighted by atomic mass is 9.58. The molecule has 4 nitrogen and oxygen atoms in total. The van der Waals surface area contributed by atoms with E-state index in [0.29, 0.717) is 18.6 Å². The number of aryl methyl sites for hydroxylation is 1. The molecule has 2 aliphatic heterocycles. The van der Waals surface area contributed by atoms with Crippen molar-refractivity contribution in [2.75, 3.05) is 26.8 Å². The van der Waals surface area contributed by atoms with Gasteiger partial charge >= 0.3 is 0 Å². The molecule has 4 rings (SSSR count). The van der Waals surface area contributed by atoms with E-state index in [4.69, 9.17) is 9.47 Å². The van der Waals surface area contributed by atoms with Crippen LogP contribution >= 0.6 is 0 Å². The maximum atomic E-state index is 10.6. The van der Waals surface area contributed by atoms with Crippen molar-refractivity contribution < 1.29 is 14.6 Å². The molecule has 4 atom stereocenters. The van der Waals surface area contributed by atoms with Crippen LogP contribution in [0, 0.1) is 11.8 Å². The van der Waals surface area contributed by atoms with Gasteiger partial charge in [0.15, 0.2) is 11.5 Å². The summed E-state index contributed by atoms with van der Waals surface area (Å²) in [5, 5.41) is 10.6. The van der Waals surface area contributed by atoms with E-state index in [2.05, 4.69) is 31.7 Å². The summed E-state index contributed by atoms with van der Waals surface area (Å²) < 4.78 is 12.1. The van der Waals surface area contributed by atoms with Crippen LogP contribution in [0.25, 0.3) is 0 Å². The van der Waals surface area contributed by atoms with Crippen molar-refractivity contribution in [3.05, 3.63) is 23.3 Å². The maximum absolute atomic E-state index is 10.6. The van der Waals surface area contributed by atoms with Gasteiger partial charge in [0.2, 0.25) is 0 Å². The minimum absolute atomic E-state index is 0.0202. The zero-order chi connectivity index (χ0) is 19.9. The van der Waals surface area contributed by atoms with Gasteiger partial charge in [-0.15, -0.1) is 0 Å². The molecule has 1 spiro atoms. The number of hydrogen-bond donors (Lipinski definition) is 1. The Morgan fingerprint density at radius 3 is 2.71 bits per heavy atom. The number of phenolic OH excluding ortho intramolecular Hbond substituents is 1. The van der Waals surface area contributed by atoms with E-state index in [-0.39, 0.29) is 17.3 Å². The molecule has 1 N–H and O–H groups in total. The lowest BCUT2D eigenvalue weighted by Crippen LogP contribution is -2.60. The van der Waals surface area contributed by atoms with Gasteiger partial charge in [0, 0.05) is 30.7 Å². The number of benzene rings is 1. The molecule has 0 bridgehead atoms. The van der Waals surface area contributed by atoms with Gasteiger partial charge in [0.25, 0.3) is 0 Å². The van der Waals surface area contributed by atoms with Crippen LogP contribution in [0.5, 0.6) is 11.5 Å². The standard InChI is InChI=1S/C24H37NO3/c1-5-7-19-16(3)25(14-17-8-9-17)13-12-24(19)21(15-27-4)28-23-20(26)11-10-18(6-2)22(23)24/h10-11,16-17,19,21,26H,5-9,12-15H2,1-4H3/t16?,19?,21-,24?/m0/s1. The van der Waals surface area contributed by atoms with Crippen molar-refractivity contribution in [1.82, 2.24) is 4.90 Å². The molecule has 0 aromatic heterocycles. The summed E-state index contributed by atoms with van der Waals surface area (Å²) in [5.74, 6) is 2.44. The Balaban J connectivity index is 1.80. The zero-order valence-corrected chi connectivity index (χ0v) is 18.0. The second kappa shape index (κ2) is 7.87. The Labute approximate surface area is 170 Å². The summed E-state index contributed by atoms with van der Waals surface area (Å²) in [6.45, 7) is 9.88. The van der Waals surface area contributed by atoms with E-state index in [1.807, 2.05) is 0 Å². The lowest BCUT2D eigenvalue weighted by Gasteiger charge is -2.52. The first kappa shape index (κ1) is 20.0. The van der Waals surface area contributed by atoms with E-state index < -0.39 is 0 Å². The number of piperidine rings is 1. The van der Waals surface area contributed by atoms with Crippen LogP contribution < -0.4 is 4.74 Å². The highest BCUT2D eigenvalue weighted by Crippen LogP contribution is 2.58. The highest BCUT2D eigenvalue weighted by atomic mass is 16.5. The van der Waals surface area contributed by atoms with E-state index in [1.165, 1.54) is 43.4 Å². The third-order valence-corrected chi connectivity index (χ3v) is 7.64. The first-order chi connectivity index (χ1) is 13.6. The Morgan fingerprint density at radius 1 is 1.29 bits per heavy atom. The number of methoxy groups -OCH3 is 1. The van der Waals surface area contributed by atoms with Gasteiger partial charge in [-0.3, -0.25) is 0 Å². The molecular weight excluding hydrogens is 350 g/mol. The number of fused-ring (bicyclic) bond motifs is 2. The van der Waals surface area contributed by atoms with Gasteiger partial charge in [-0.25, -0.2) is 0 Å². The molecule has 4 heteroatoms. The molecule has 2 heterocycles. The fourth-order valence-corrected chi connectivity index (χ4v) is 6.09. The Morgan fingerprint density at radius 2 is 2.07 bits per heavy atom. The molecule has 156 valence electrons. The molecule has 1 aromatic carbocycles. The average molecular weight is 388 g/mol. The van der Waals surface area contributed by atoms with Crippen LogP contribution in [0.1, 0.15) is 64.0 Å². The smallest absolute Gasteiger partial charge is 0.165 e. The molecular formula is C24H37NO3. The van der Waals surface area contributed by atoms with Crippen molar-refractivity contribution in [1.29, 1.82) is 0 Å². The molecule has 1 saturated heterocycles. The third-order valence-electron chi connectivity index (χ3n) is 7.64. The molecule has 3 unspecified atom stereocenters. The minimum atomic E-state index is -0.0646. The number of rotatable bonds is 7. The van der Waals surface area contributed by atoms with Crippen LogP contribution in [0.2, 0.25) is 0 Å². The van der Waals surface area contributed by atoms with Crippen molar-refractivity contribution in [2.24, 2.45) is 11.8 Å². The second-order valence-corrected chi connectivity index (χ2v) is 9.23. The SMILES string of the molecule is CCCC1C(C)N(CC2CC2)CCC12c1c(CC)ccc(O)c1O[C@H]2COC. The Kier molecular flexibility index (Phi) is 5.63. The first-order valence-corrected chi connectivity index (χ1v) is 11.3. The minimum Gasteiger partial charge on any atom is -0.504 e. The molecule has 28 heavy (non-hydrogen) atoms. The molecule has 1 saturated carbocycles. The predicted molar refractivity (Wildman–Crippen MR) is 112 cm³/mol. The Hall–Kier alpha value is -1.26. The summed E-state index contributed by atoms with van der Waals surface area (Å²) >= 11 is 0. The first-order valence-electron chi connectivity index (χ1n) is 11.3. The van der Waals surface area contributed by atoms with Crippen LogP contribution in [-0.4, -0.2) is 49.0 Å². The number of likely N-dealkylation sites (tertiary alicyclic amines) is 1. The van der Waals surface area contributed by atoms with Crippen molar-refractivity contribution in [2.45, 2.75) is 76.9 Å². The average Bonchev–Trinajstić information content (AvgIpc) is 3.45. The number of ether oxygens (including phenoxy) is 2. The summed E-state index contributed by atoms with van der Waals surface area (Å²) in [7, 11) is 1.76. The summed E-state index contributed by atoms with van der Waals surface area (Å²) in [6, 6.07) is 4.44. The fraction of sp³-hybridized carbons (Fsp3) is 0.750. The predicted octanol–water partition coefficient (Wildman–Crippen LogP) is 4.52. The number of hydrogen-bond acceptors (Lipinski definition) is 4. The lowest BCUT2D eigenvalue weighted by molar-refractivity contribution is -0.0408. The quantitative estimate of drug-likeness (QED) is 0.747. The molecule has 0 radical (unpaired) electrons. The number of phenols is 1. The molecule has 1 aromatic rings. The molecule has 3 aliphatic rings. The summed E-state index contributed by atoms with van der Waals surface area (Å²) in [6.07, 6.45) is 7.19. The maximum Gasteiger partial charge on any atom is 0.165 e. The van der Waals surface area contributed by atoms with Crippen LogP contribution in [0.4, 0.5) is 0 Å². The third kappa shape index (κ3) is 3.13. The van der Waals surface area contributed by atoms with Crippen LogP contribution in [0.3, 0.4) is 0 Å². The monoisotopic (exact) mass is 387 g/mol. The van der Waals surface area contributed by atoms with E-state index in [0.717, 1.165) is 31.1 Å². The molecule has 2 fully saturated rings. The topological polar surface area (TPSA) is 41.9 Å². The van der Waals surface area contributed by atoms with Gasteiger partial charge < -0.3 is 19.5 Å². The zero-order valence-electron chi connectivity index (χ0n) is 18.0. The Bertz CT molecular complexity index is 701. The number of aromatic hydroxyl groups is 1. The summed E-state index contributed by atoms with van der Waals surface area (Å²) in [4.78, 5) is 2.74. The van der Waals surface area contributed by atoms with Crippen molar-refractivity contribution >= 4 is 0 Å². The molecule has 1 aliphatic carbocycles. The van der Waals surface area contributed by atoms with Crippen molar-refractivity contribution in [3.63, 3.8) is 0 Å². The van der Waals surface area contributed by atoms with Crippen molar-refractivity contribution in [3.8, 4) is 11.5 Å². The van der Waals surface area contributed by atoms with E-state index in [9.17, 15) is 5.11 Å². The van der Waals surface area contributed by atoms with E-state index >= 15 is 0 Å². The highest BCUT2D eigenvalue weighted by Gasteiger charge is 2.59. The highest BCUT2D eigenvalue weighted by molar-refractivity contribution is 5.58. The van der Waals surface area contributed by atoms with Crippen LogP contribution in [-0.2, 0) is 16.6 Å². The number of nitrogens with zero attached hydrogens (tertiary/aromatic N) is 1. The molecule has 0 amide bonds. The second-order valence-electron chi connectivity index (χ2n) is 9.23. The van der Waals surface area contributed by atoms with Crippen LogP contribution in [0.15, 0.2) is 12.1 Å². The fourth-order valence-electron chi connectivity index (χ4n) is 6.09. The largest absolute Gasteiger partial charge is 0.504 e.